The number of aliphatic hydroxyl groups excluding tert-OH is 1. The maximum atomic E-state index is 9.69. The number of aliphatic hydroxyl groups is 1. The molecule has 104 valence electrons. The smallest absolute Gasteiger partial charge is 0.0553 e. The van der Waals surface area contributed by atoms with Crippen LogP contribution in [0.4, 0.5) is 5.69 Å². The highest BCUT2D eigenvalue weighted by Crippen LogP contribution is 2.35. The van der Waals surface area contributed by atoms with E-state index in [1.807, 2.05) is 6.92 Å². The first-order valence-electron chi connectivity index (χ1n) is 7.78. The summed E-state index contributed by atoms with van der Waals surface area (Å²) >= 11 is 0. The molecule has 0 aromatic heterocycles. The average molecular weight is 259 g/mol. The van der Waals surface area contributed by atoms with E-state index < -0.39 is 0 Å². The second-order valence-electron chi connectivity index (χ2n) is 6.32. The van der Waals surface area contributed by atoms with Gasteiger partial charge >= 0.3 is 0 Å². The molecule has 0 spiro atoms. The SMILES string of the molecule is CC(O)Cc1cccc2c1N(CC1CCCC1)CC2. The van der Waals surface area contributed by atoms with E-state index in [0.717, 1.165) is 12.3 Å². The van der Waals surface area contributed by atoms with Gasteiger partial charge in [-0.05, 0) is 43.2 Å². The maximum absolute atomic E-state index is 9.69. The second kappa shape index (κ2) is 5.54. The van der Waals surface area contributed by atoms with Crippen LogP contribution in [0.3, 0.4) is 0 Å². The van der Waals surface area contributed by atoms with E-state index in [4.69, 9.17) is 0 Å². The molecule has 0 amide bonds. The number of nitrogens with zero attached hydrogens (tertiary/aromatic N) is 1. The molecule has 0 radical (unpaired) electrons. The van der Waals surface area contributed by atoms with Crippen molar-refractivity contribution in [2.75, 3.05) is 18.0 Å². The molecule has 0 saturated heterocycles. The molecule has 1 aromatic carbocycles. The molecular weight excluding hydrogens is 234 g/mol. The van der Waals surface area contributed by atoms with Crippen LogP contribution in [0.2, 0.25) is 0 Å². The summed E-state index contributed by atoms with van der Waals surface area (Å²) in [7, 11) is 0. The van der Waals surface area contributed by atoms with Gasteiger partial charge in [0.25, 0.3) is 0 Å². The lowest BCUT2D eigenvalue weighted by atomic mass is 10.0. The fourth-order valence-corrected chi connectivity index (χ4v) is 3.79. The van der Waals surface area contributed by atoms with Crippen molar-refractivity contribution >= 4 is 5.69 Å². The Balaban J connectivity index is 1.80. The zero-order chi connectivity index (χ0) is 13.2. The van der Waals surface area contributed by atoms with E-state index >= 15 is 0 Å². The molecule has 2 nitrogen and oxygen atoms in total. The van der Waals surface area contributed by atoms with Crippen LogP contribution in [0.1, 0.15) is 43.7 Å². The summed E-state index contributed by atoms with van der Waals surface area (Å²) in [5.41, 5.74) is 4.26. The van der Waals surface area contributed by atoms with Crippen LogP contribution in [-0.2, 0) is 12.8 Å². The minimum absolute atomic E-state index is 0.250. The Bertz CT molecular complexity index is 435. The quantitative estimate of drug-likeness (QED) is 0.898. The number of hydrogen-bond acceptors (Lipinski definition) is 2. The molecule has 2 heteroatoms. The zero-order valence-corrected chi connectivity index (χ0v) is 11.9. The molecule has 1 heterocycles. The van der Waals surface area contributed by atoms with Crippen molar-refractivity contribution in [3.63, 3.8) is 0 Å². The van der Waals surface area contributed by atoms with Gasteiger partial charge in [-0.3, -0.25) is 0 Å². The minimum atomic E-state index is -0.250. The zero-order valence-electron chi connectivity index (χ0n) is 11.9. The first-order chi connectivity index (χ1) is 9.24. The summed E-state index contributed by atoms with van der Waals surface area (Å²) in [6.45, 7) is 4.28. The van der Waals surface area contributed by atoms with Gasteiger partial charge in [-0.1, -0.05) is 31.0 Å². The molecule has 3 rings (SSSR count). The summed E-state index contributed by atoms with van der Waals surface area (Å²) in [6.07, 6.45) is 7.36. The van der Waals surface area contributed by atoms with E-state index in [9.17, 15) is 5.11 Å². The van der Waals surface area contributed by atoms with Crippen molar-refractivity contribution in [3.05, 3.63) is 29.3 Å². The van der Waals surface area contributed by atoms with Crippen LogP contribution >= 0.6 is 0 Å². The van der Waals surface area contributed by atoms with Crippen molar-refractivity contribution < 1.29 is 5.11 Å². The molecular formula is C17H25NO. The summed E-state index contributed by atoms with van der Waals surface area (Å²) in [6, 6.07) is 6.60. The van der Waals surface area contributed by atoms with Crippen molar-refractivity contribution in [1.82, 2.24) is 0 Å². The summed E-state index contributed by atoms with van der Waals surface area (Å²) in [5.74, 6) is 0.894. The number of hydrogen-bond donors (Lipinski definition) is 1. The Morgan fingerprint density at radius 3 is 2.84 bits per heavy atom. The Morgan fingerprint density at radius 1 is 1.32 bits per heavy atom. The lowest BCUT2D eigenvalue weighted by molar-refractivity contribution is 0.195. The molecule has 0 bridgehead atoms. The predicted octanol–water partition coefficient (Wildman–Crippen LogP) is 3.16. The van der Waals surface area contributed by atoms with Crippen LogP contribution in [0.25, 0.3) is 0 Å². The third-order valence-electron chi connectivity index (χ3n) is 4.64. The molecule has 19 heavy (non-hydrogen) atoms. The number of benzene rings is 1. The number of rotatable bonds is 4. The molecule has 1 atom stereocenters. The summed E-state index contributed by atoms with van der Waals surface area (Å²) in [4.78, 5) is 2.59. The predicted molar refractivity (Wildman–Crippen MR) is 79.7 cm³/mol. The van der Waals surface area contributed by atoms with E-state index in [-0.39, 0.29) is 6.10 Å². The van der Waals surface area contributed by atoms with Gasteiger partial charge in [0.05, 0.1) is 6.10 Å². The van der Waals surface area contributed by atoms with E-state index in [1.165, 1.54) is 62.0 Å². The van der Waals surface area contributed by atoms with Crippen LogP contribution in [0.15, 0.2) is 18.2 Å². The van der Waals surface area contributed by atoms with Crippen LogP contribution < -0.4 is 4.90 Å². The number of fused-ring (bicyclic) bond motifs is 1. The average Bonchev–Trinajstić information content (AvgIpc) is 3.00. The van der Waals surface area contributed by atoms with Gasteiger partial charge in [0.2, 0.25) is 0 Å². The third-order valence-corrected chi connectivity index (χ3v) is 4.64. The lowest BCUT2D eigenvalue weighted by Gasteiger charge is -2.26. The maximum Gasteiger partial charge on any atom is 0.0553 e. The Morgan fingerprint density at radius 2 is 2.11 bits per heavy atom. The van der Waals surface area contributed by atoms with E-state index in [0.29, 0.717) is 0 Å². The van der Waals surface area contributed by atoms with Gasteiger partial charge in [0, 0.05) is 25.2 Å². The van der Waals surface area contributed by atoms with Gasteiger partial charge in [0.1, 0.15) is 0 Å². The van der Waals surface area contributed by atoms with Crippen molar-refractivity contribution in [2.45, 2.75) is 51.6 Å². The molecule has 1 aliphatic heterocycles. The van der Waals surface area contributed by atoms with E-state index in [1.54, 1.807) is 0 Å². The van der Waals surface area contributed by atoms with E-state index in [2.05, 4.69) is 23.1 Å². The highest BCUT2D eigenvalue weighted by Gasteiger charge is 2.26. The Labute approximate surface area is 116 Å². The lowest BCUT2D eigenvalue weighted by Crippen LogP contribution is -2.27. The fourth-order valence-electron chi connectivity index (χ4n) is 3.79. The molecule has 1 saturated carbocycles. The monoisotopic (exact) mass is 259 g/mol. The third kappa shape index (κ3) is 2.79. The van der Waals surface area contributed by atoms with Gasteiger partial charge in [0.15, 0.2) is 0 Å². The Kier molecular flexibility index (Phi) is 3.79. The van der Waals surface area contributed by atoms with Crippen LogP contribution in [0.5, 0.6) is 0 Å². The number of para-hydroxylation sites is 1. The fraction of sp³-hybridized carbons (Fsp3) is 0.647. The van der Waals surface area contributed by atoms with Crippen LogP contribution in [0, 0.1) is 5.92 Å². The summed E-state index contributed by atoms with van der Waals surface area (Å²) < 4.78 is 0. The molecule has 1 fully saturated rings. The van der Waals surface area contributed by atoms with Crippen LogP contribution in [-0.4, -0.2) is 24.3 Å². The molecule has 2 aliphatic rings. The minimum Gasteiger partial charge on any atom is -0.393 e. The highest BCUT2D eigenvalue weighted by atomic mass is 16.3. The standard InChI is InChI=1S/C17H25NO/c1-13(19)11-16-8-4-7-15-9-10-18(17(15)16)12-14-5-2-3-6-14/h4,7-8,13-14,19H,2-3,5-6,9-12H2,1H3. The Hall–Kier alpha value is -1.02. The second-order valence-corrected chi connectivity index (χ2v) is 6.32. The first kappa shape index (κ1) is 13.0. The molecule has 1 aromatic rings. The first-order valence-corrected chi connectivity index (χ1v) is 7.78. The topological polar surface area (TPSA) is 23.5 Å². The van der Waals surface area contributed by atoms with Crippen molar-refractivity contribution in [1.29, 1.82) is 0 Å². The van der Waals surface area contributed by atoms with Gasteiger partial charge < -0.3 is 10.0 Å². The molecule has 1 N–H and O–H groups in total. The van der Waals surface area contributed by atoms with Gasteiger partial charge in [-0.2, -0.15) is 0 Å². The summed E-state index contributed by atoms with van der Waals surface area (Å²) in [5, 5.41) is 9.69. The van der Waals surface area contributed by atoms with Crippen molar-refractivity contribution in [2.24, 2.45) is 5.92 Å². The van der Waals surface area contributed by atoms with Crippen molar-refractivity contribution in [3.8, 4) is 0 Å². The highest BCUT2D eigenvalue weighted by molar-refractivity contribution is 5.63. The van der Waals surface area contributed by atoms with Gasteiger partial charge in [-0.25, -0.2) is 0 Å². The molecule has 1 unspecified atom stereocenters. The molecule has 1 aliphatic carbocycles. The normalized spacial score (nSPS) is 20.8. The number of anilines is 1. The van der Waals surface area contributed by atoms with Gasteiger partial charge in [-0.15, -0.1) is 0 Å². The largest absolute Gasteiger partial charge is 0.393 e.